The Morgan fingerprint density at radius 2 is 1.97 bits per heavy atom. The summed E-state index contributed by atoms with van der Waals surface area (Å²) in [5.74, 6) is 0.208. The number of aromatic nitrogens is 1. The average molecular weight is 492 g/mol. The molecule has 2 saturated heterocycles. The summed E-state index contributed by atoms with van der Waals surface area (Å²) in [5, 5.41) is 9.88. The summed E-state index contributed by atoms with van der Waals surface area (Å²) >= 11 is 6.33. The van der Waals surface area contributed by atoms with Crippen LogP contribution in [0.15, 0.2) is 30.5 Å². The third kappa shape index (κ3) is 5.17. The Kier molecular flexibility index (Phi) is 7.36. The van der Waals surface area contributed by atoms with Crippen molar-refractivity contribution < 1.29 is 23.8 Å². The SMILES string of the molecule is COc1cc(N2CCC(Oc3ccc(N4C[C@H](C)[C@@H](C)[C@@H]4CC(=O)O)c(F)c3)CC2)c(Cl)cn1. The monoisotopic (exact) mass is 491 g/mol. The molecule has 3 atom stereocenters. The molecule has 7 nitrogen and oxygen atoms in total. The maximum absolute atomic E-state index is 15.1. The number of methoxy groups -OCH3 is 1. The smallest absolute Gasteiger partial charge is 0.305 e. The Bertz CT molecular complexity index is 1030. The molecule has 2 aliphatic rings. The maximum Gasteiger partial charge on any atom is 0.305 e. The molecule has 0 unspecified atom stereocenters. The van der Waals surface area contributed by atoms with Gasteiger partial charge in [-0.25, -0.2) is 9.37 Å². The minimum atomic E-state index is -0.867. The number of ether oxygens (including phenoxy) is 2. The van der Waals surface area contributed by atoms with Gasteiger partial charge in [0.1, 0.15) is 17.7 Å². The van der Waals surface area contributed by atoms with Crippen molar-refractivity contribution in [2.24, 2.45) is 11.8 Å². The molecule has 4 rings (SSSR count). The van der Waals surface area contributed by atoms with Gasteiger partial charge >= 0.3 is 5.97 Å². The molecule has 3 heterocycles. The van der Waals surface area contributed by atoms with E-state index in [-0.39, 0.29) is 30.3 Å². The number of carboxylic acid groups (broad SMARTS) is 1. The number of benzene rings is 1. The number of piperidine rings is 1. The first kappa shape index (κ1) is 24.4. The Morgan fingerprint density at radius 1 is 1.24 bits per heavy atom. The molecule has 0 amide bonds. The molecular weight excluding hydrogens is 461 g/mol. The molecule has 184 valence electrons. The molecule has 1 aromatic heterocycles. The lowest BCUT2D eigenvalue weighted by Crippen LogP contribution is -2.38. The summed E-state index contributed by atoms with van der Waals surface area (Å²) in [4.78, 5) is 19.5. The van der Waals surface area contributed by atoms with Gasteiger partial charge in [0.05, 0.1) is 36.1 Å². The lowest BCUT2D eigenvalue weighted by molar-refractivity contribution is -0.137. The van der Waals surface area contributed by atoms with Crippen LogP contribution in [0.3, 0.4) is 0 Å². The number of anilines is 2. The van der Waals surface area contributed by atoms with Crippen molar-refractivity contribution >= 4 is 28.9 Å². The van der Waals surface area contributed by atoms with Crippen LogP contribution in [0.2, 0.25) is 5.02 Å². The van der Waals surface area contributed by atoms with Gasteiger partial charge < -0.3 is 24.4 Å². The minimum Gasteiger partial charge on any atom is -0.490 e. The van der Waals surface area contributed by atoms with Gasteiger partial charge in [0.25, 0.3) is 0 Å². The van der Waals surface area contributed by atoms with Crippen molar-refractivity contribution in [1.82, 2.24) is 4.98 Å². The first-order chi connectivity index (χ1) is 16.3. The quantitative estimate of drug-likeness (QED) is 0.592. The summed E-state index contributed by atoms with van der Waals surface area (Å²) in [5.41, 5.74) is 1.32. The van der Waals surface area contributed by atoms with Gasteiger partial charge in [-0.2, -0.15) is 0 Å². The average Bonchev–Trinajstić information content (AvgIpc) is 3.08. The molecule has 0 radical (unpaired) electrons. The van der Waals surface area contributed by atoms with Crippen molar-refractivity contribution in [2.75, 3.05) is 36.5 Å². The maximum atomic E-state index is 15.1. The van der Waals surface area contributed by atoms with E-state index in [4.69, 9.17) is 21.1 Å². The first-order valence-corrected chi connectivity index (χ1v) is 12.0. The van der Waals surface area contributed by atoms with Gasteiger partial charge in [0, 0.05) is 50.7 Å². The van der Waals surface area contributed by atoms with E-state index < -0.39 is 5.97 Å². The van der Waals surface area contributed by atoms with E-state index in [0.29, 0.717) is 34.8 Å². The number of rotatable bonds is 7. The molecular formula is C25H31ClFN3O4. The van der Waals surface area contributed by atoms with E-state index >= 15 is 4.39 Å². The van der Waals surface area contributed by atoms with E-state index in [0.717, 1.165) is 31.6 Å². The molecule has 2 fully saturated rings. The third-order valence-corrected chi connectivity index (χ3v) is 7.40. The Balaban J connectivity index is 1.40. The molecule has 1 N–H and O–H groups in total. The van der Waals surface area contributed by atoms with Crippen LogP contribution in [-0.2, 0) is 4.79 Å². The number of hydrogen-bond acceptors (Lipinski definition) is 6. The topological polar surface area (TPSA) is 75.1 Å². The van der Waals surface area contributed by atoms with Crippen molar-refractivity contribution in [3.63, 3.8) is 0 Å². The van der Waals surface area contributed by atoms with Crippen molar-refractivity contribution in [2.45, 2.75) is 45.3 Å². The lowest BCUT2D eigenvalue weighted by atomic mass is 9.92. The number of halogens is 2. The third-order valence-electron chi connectivity index (χ3n) is 7.11. The standard InChI is InChI=1S/C25H31ClFN3O4/c1-15-14-30(22(16(15)2)12-25(31)32)21-5-4-18(10-20(21)27)34-17-6-8-29(9-7-17)23-11-24(33-3)28-13-19(23)26/h4-5,10-11,13,15-17,22H,6-9,12,14H2,1-3H3,(H,31,32)/t15-,16+,22-/m0/s1. The normalized spacial score (nSPS) is 23.3. The fourth-order valence-electron chi connectivity index (χ4n) is 4.99. The number of carboxylic acids is 1. The number of pyridine rings is 1. The first-order valence-electron chi connectivity index (χ1n) is 11.7. The van der Waals surface area contributed by atoms with Crippen LogP contribution in [-0.4, -0.2) is 54.9 Å². The Morgan fingerprint density at radius 3 is 2.62 bits per heavy atom. The zero-order valence-corrected chi connectivity index (χ0v) is 20.5. The highest BCUT2D eigenvalue weighted by atomic mass is 35.5. The van der Waals surface area contributed by atoms with E-state index in [1.54, 1.807) is 25.4 Å². The molecule has 34 heavy (non-hydrogen) atoms. The summed E-state index contributed by atoms with van der Waals surface area (Å²) in [6, 6.07) is 6.51. The second-order valence-electron chi connectivity index (χ2n) is 9.25. The van der Waals surface area contributed by atoms with Gasteiger partial charge in [-0.3, -0.25) is 4.79 Å². The summed E-state index contributed by atoms with van der Waals surface area (Å²) < 4.78 is 26.4. The molecule has 2 aliphatic heterocycles. The van der Waals surface area contributed by atoms with Crippen molar-refractivity contribution in [3.05, 3.63) is 41.3 Å². The summed E-state index contributed by atoms with van der Waals surface area (Å²) in [6.45, 7) is 6.25. The van der Waals surface area contributed by atoms with Crippen LogP contribution in [0, 0.1) is 17.7 Å². The van der Waals surface area contributed by atoms with Crippen molar-refractivity contribution in [3.8, 4) is 11.6 Å². The van der Waals surface area contributed by atoms with Crippen LogP contribution in [0.1, 0.15) is 33.1 Å². The van der Waals surface area contributed by atoms with E-state index in [1.165, 1.54) is 6.07 Å². The van der Waals surface area contributed by atoms with Crippen LogP contribution in [0.4, 0.5) is 15.8 Å². The van der Waals surface area contributed by atoms with E-state index in [2.05, 4.69) is 16.8 Å². The molecule has 0 aliphatic carbocycles. The predicted octanol–water partition coefficient (Wildman–Crippen LogP) is 4.87. The summed E-state index contributed by atoms with van der Waals surface area (Å²) in [7, 11) is 1.57. The summed E-state index contributed by atoms with van der Waals surface area (Å²) in [6.07, 6.45) is 3.09. The highest BCUT2D eigenvalue weighted by Gasteiger charge is 2.39. The van der Waals surface area contributed by atoms with Crippen LogP contribution in [0.25, 0.3) is 0 Å². The predicted molar refractivity (Wildman–Crippen MR) is 130 cm³/mol. The Hall–Kier alpha value is -2.74. The van der Waals surface area contributed by atoms with Gasteiger partial charge in [-0.15, -0.1) is 0 Å². The largest absolute Gasteiger partial charge is 0.490 e. The van der Waals surface area contributed by atoms with Gasteiger partial charge in [0.15, 0.2) is 0 Å². The number of aliphatic carboxylic acids is 1. The van der Waals surface area contributed by atoms with E-state index in [9.17, 15) is 9.90 Å². The molecule has 9 heteroatoms. The fourth-order valence-corrected chi connectivity index (χ4v) is 5.21. The molecule has 0 spiro atoms. The zero-order valence-electron chi connectivity index (χ0n) is 19.7. The molecule has 2 aromatic rings. The second-order valence-corrected chi connectivity index (χ2v) is 9.66. The molecule has 0 saturated carbocycles. The molecule has 0 bridgehead atoms. The van der Waals surface area contributed by atoms with Gasteiger partial charge in [-0.1, -0.05) is 25.4 Å². The van der Waals surface area contributed by atoms with Crippen LogP contribution in [0.5, 0.6) is 11.6 Å². The zero-order chi connectivity index (χ0) is 24.4. The van der Waals surface area contributed by atoms with Crippen LogP contribution >= 0.6 is 11.6 Å². The van der Waals surface area contributed by atoms with E-state index in [1.807, 2.05) is 17.9 Å². The van der Waals surface area contributed by atoms with Crippen LogP contribution < -0.4 is 19.3 Å². The lowest BCUT2D eigenvalue weighted by Gasteiger charge is -2.34. The number of hydrogen-bond donors (Lipinski definition) is 1. The second kappa shape index (κ2) is 10.3. The number of carbonyl (C=O) groups is 1. The fraction of sp³-hybridized carbons (Fsp3) is 0.520. The van der Waals surface area contributed by atoms with Crippen molar-refractivity contribution in [1.29, 1.82) is 0 Å². The minimum absolute atomic E-state index is 0.00482. The highest BCUT2D eigenvalue weighted by molar-refractivity contribution is 6.33. The van der Waals surface area contributed by atoms with Gasteiger partial charge in [-0.05, 0) is 24.0 Å². The number of nitrogens with zero attached hydrogens (tertiary/aromatic N) is 3. The Labute approximate surface area is 204 Å². The highest BCUT2D eigenvalue weighted by Crippen LogP contribution is 2.38. The van der Waals surface area contributed by atoms with Gasteiger partial charge in [0.2, 0.25) is 5.88 Å². The molecule has 1 aromatic carbocycles.